The Morgan fingerprint density at radius 1 is 0.744 bits per heavy atom. The van der Waals surface area contributed by atoms with Crippen LogP contribution in [0.1, 0.15) is 32.1 Å². The minimum atomic E-state index is -0.747. The topological polar surface area (TPSA) is 103 Å². The lowest BCUT2D eigenvalue weighted by molar-refractivity contribution is 0.101. The maximum absolute atomic E-state index is 13.8. The maximum Gasteiger partial charge on any atom is 0.215 e. The number of nitrogens with one attached hydrogen (secondary N) is 1. The molecule has 0 fully saturated rings. The van der Waals surface area contributed by atoms with E-state index in [2.05, 4.69) is 4.98 Å². The lowest BCUT2D eigenvalue weighted by Crippen LogP contribution is -2.13. The number of aromatic nitrogens is 2. The molecular weight excluding hydrogens is 637 g/mol. The second kappa shape index (κ2) is 11.4. The molecule has 0 saturated heterocycles. The van der Waals surface area contributed by atoms with E-state index in [0.717, 1.165) is 4.57 Å². The summed E-state index contributed by atoms with van der Waals surface area (Å²) >= 11 is 38.1. The summed E-state index contributed by atoms with van der Waals surface area (Å²) in [4.78, 5) is 30.2. The van der Waals surface area contributed by atoms with Gasteiger partial charge in [0.15, 0.2) is 0 Å². The zero-order valence-electron chi connectivity index (χ0n) is 20.1. The monoisotopic (exact) mass is 650 g/mol. The fourth-order valence-corrected chi connectivity index (χ4v) is 5.16. The molecule has 4 aromatic rings. The highest BCUT2D eigenvalue weighted by molar-refractivity contribution is 6.45. The number of H-pyrrole nitrogens is 1. The van der Waals surface area contributed by atoms with Crippen LogP contribution in [-0.4, -0.2) is 47.6 Å². The predicted octanol–water partition coefficient (Wildman–Crippen LogP) is 7.92. The van der Waals surface area contributed by atoms with Gasteiger partial charge in [0.25, 0.3) is 0 Å². The molecule has 2 heterocycles. The summed E-state index contributed by atoms with van der Waals surface area (Å²) in [5, 5.41) is 10.2. The van der Waals surface area contributed by atoms with Crippen LogP contribution in [0.25, 0.3) is 5.69 Å². The molecule has 0 amide bonds. The van der Waals surface area contributed by atoms with Crippen molar-refractivity contribution in [3.63, 3.8) is 0 Å². The molecule has 0 saturated carbocycles. The molecular formula is C25H16Cl6N2O6. The van der Waals surface area contributed by atoms with Crippen LogP contribution in [0.3, 0.4) is 0 Å². The van der Waals surface area contributed by atoms with Gasteiger partial charge in [0.05, 0.1) is 58.9 Å². The number of hydrogen-bond acceptors (Lipinski definition) is 6. The first-order chi connectivity index (χ1) is 18.4. The molecule has 0 spiro atoms. The van der Waals surface area contributed by atoms with Gasteiger partial charge in [-0.2, -0.15) is 0 Å². The van der Waals surface area contributed by atoms with E-state index in [1.165, 1.54) is 51.7 Å². The van der Waals surface area contributed by atoms with Crippen LogP contribution in [0.4, 0.5) is 0 Å². The summed E-state index contributed by atoms with van der Waals surface area (Å²) in [6.07, 6.45) is 0. The number of methoxy groups -OCH3 is 3. The van der Waals surface area contributed by atoms with E-state index in [9.17, 15) is 14.7 Å². The van der Waals surface area contributed by atoms with Crippen molar-refractivity contribution in [3.05, 3.63) is 83.2 Å². The van der Waals surface area contributed by atoms with Crippen molar-refractivity contribution >= 4 is 81.2 Å². The first-order valence-electron chi connectivity index (χ1n) is 10.7. The molecule has 0 bridgehead atoms. The van der Waals surface area contributed by atoms with Crippen LogP contribution >= 0.6 is 69.6 Å². The Kier molecular flexibility index (Phi) is 8.56. The van der Waals surface area contributed by atoms with Gasteiger partial charge in [-0.05, 0) is 18.2 Å². The number of nitrogens with zero attached hydrogens (tertiary/aromatic N) is 1. The number of ether oxygens (including phenoxy) is 3. The van der Waals surface area contributed by atoms with E-state index in [1.54, 1.807) is 0 Å². The fraction of sp³-hybridized carbons (Fsp3) is 0.120. The number of rotatable bonds is 8. The average Bonchev–Trinajstić information content (AvgIpc) is 3.37. The number of halogens is 6. The highest BCUT2D eigenvalue weighted by Gasteiger charge is 2.31. The number of phenols is 1. The van der Waals surface area contributed by atoms with Gasteiger partial charge in [-0.15, -0.1) is 0 Å². The molecule has 0 atom stereocenters. The number of phenolic OH excluding ortho intramolecular Hbond substituents is 1. The number of benzene rings is 2. The predicted molar refractivity (Wildman–Crippen MR) is 151 cm³/mol. The first-order valence-corrected chi connectivity index (χ1v) is 12.9. The van der Waals surface area contributed by atoms with E-state index in [0.29, 0.717) is 0 Å². The molecule has 0 aliphatic rings. The Hall–Kier alpha value is -2.72. The maximum atomic E-state index is 13.8. The molecule has 2 N–H and O–H groups in total. The molecule has 2 aromatic carbocycles. The van der Waals surface area contributed by atoms with Gasteiger partial charge in [-0.3, -0.25) is 14.2 Å². The summed E-state index contributed by atoms with van der Waals surface area (Å²) in [5.74, 6) is -1.26. The standard InChI is InChI=1S/C25H16Cl6N2O6/c1-37-16-8-18(39-3)12(27)5-10(16)23(36)20-21(19(29)24(30)32-20)33-14(6-13(28)25(33)31)22(35)9-4-11(26)17(38-2)7-15(9)34/h4-8,32,34H,1-3H3. The summed E-state index contributed by atoms with van der Waals surface area (Å²) in [7, 11) is 4.13. The Balaban J connectivity index is 1.95. The molecule has 204 valence electrons. The lowest BCUT2D eigenvalue weighted by Gasteiger charge is -2.15. The minimum Gasteiger partial charge on any atom is -0.507 e. The van der Waals surface area contributed by atoms with Crippen LogP contribution < -0.4 is 14.2 Å². The van der Waals surface area contributed by atoms with E-state index in [-0.39, 0.29) is 75.8 Å². The Morgan fingerprint density at radius 2 is 1.31 bits per heavy atom. The number of aromatic amines is 1. The van der Waals surface area contributed by atoms with Crippen LogP contribution in [0.2, 0.25) is 30.4 Å². The summed E-state index contributed by atoms with van der Waals surface area (Å²) < 4.78 is 16.8. The van der Waals surface area contributed by atoms with Crippen molar-refractivity contribution in [1.29, 1.82) is 0 Å². The molecule has 2 aromatic heterocycles. The van der Waals surface area contributed by atoms with E-state index in [4.69, 9.17) is 83.8 Å². The van der Waals surface area contributed by atoms with Crippen LogP contribution in [-0.2, 0) is 0 Å². The largest absolute Gasteiger partial charge is 0.507 e. The van der Waals surface area contributed by atoms with Crippen molar-refractivity contribution in [1.82, 2.24) is 9.55 Å². The zero-order chi connectivity index (χ0) is 28.8. The third-order valence-corrected chi connectivity index (χ3v) is 7.78. The normalized spacial score (nSPS) is 11.0. The van der Waals surface area contributed by atoms with Crippen LogP contribution in [0.15, 0.2) is 30.3 Å². The highest BCUT2D eigenvalue weighted by Crippen LogP contribution is 2.42. The number of carbonyl (C=O) groups excluding carboxylic acids is 2. The summed E-state index contributed by atoms with van der Waals surface area (Å²) in [6.45, 7) is 0. The minimum absolute atomic E-state index is 0.0287. The quantitative estimate of drug-likeness (QED) is 0.188. The second-order valence-electron chi connectivity index (χ2n) is 7.83. The first kappa shape index (κ1) is 29.3. The van der Waals surface area contributed by atoms with Gasteiger partial charge in [0, 0.05) is 12.1 Å². The molecule has 0 unspecified atom stereocenters. The van der Waals surface area contributed by atoms with Gasteiger partial charge in [0.1, 0.15) is 44.0 Å². The summed E-state index contributed by atoms with van der Waals surface area (Å²) in [6, 6.07) is 6.44. The third-order valence-electron chi connectivity index (χ3n) is 5.69. The average molecular weight is 653 g/mol. The summed E-state index contributed by atoms with van der Waals surface area (Å²) in [5.41, 5.74) is -0.569. The van der Waals surface area contributed by atoms with Crippen molar-refractivity contribution < 1.29 is 28.9 Å². The number of aromatic hydroxyl groups is 1. The van der Waals surface area contributed by atoms with Gasteiger partial charge in [-0.1, -0.05) is 69.6 Å². The van der Waals surface area contributed by atoms with Gasteiger partial charge in [-0.25, -0.2) is 0 Å². The van der Waals surface area contributed by atoms with Crippen molar-refractivity contribution in [2.45, 2.75) is 0 Å². The van der Waals surface area contributed by atoms with E-state index in [1.807, 2.05) is 0 Å². The molecule has 14 heteroatoms. The van der Waals surface area contributed by atoms with Crippen molar-refractivity contribution in [3.8, 4) is 28.7 Å². The highest BCUT2D eigenvalue weighted by atomic mass is 35.5. The lowest BCUT2D eigenvalue weighted by atomic mass is 10.0. The molecule has 8 nitrogen and oxygen atoms in total. The van der Waals surface area contributed by atoms with Crippen molar-refractivity contribution in [2.24, 2.45) is 0 Å². The molecule has 0 radical (unpaired) electrons. The Bertz CT molecular complexity index is 1640. The smallest absolute Gasteiger partial charge is 0.215 e. The van der Waals surface area contributed by atoms with E-state index >= 15 is 0 Å². The fourth-order valence-electron chi connectivity index (χ4n) is 3.85. The second-order valence-corrected chi connectivity index (χ2v) is 10.2. The number of hydrogen-bond donors (Lipinski definition) is 2. The van der Waals surface area contributed by atoms with Gasteiger partial charge in [0.2, 0.25) is 11.6 Å². The molecule has 39 heavy (non-hydrogen) atoms. The number of ketones is 2. The molecule has 4 rings (SSSR count). The number of carbonyl (C=O) groups is 2. The third kappa shape index (κ3) is 5.13. The van der Waals surface area contributed by atoms with Crippen LogP contribution in [0, 0.1) is 0 Å². The van der Waals surface area contributed by atoms with Gasteiger partial charge >= 0.3 is 0 Å². The SMILES string of the molecule is COc1cc(O)c(C(=O)c2cc(Cl)c(Cl)n2-c2c(C(=O)c3cc(Cl)c(OC)cc3OC)[nH]c(Cl)c2Cl)cc1Cl. The van der Waals surface area contributed by atoms with Crippen LogP contribution in [0.5, 0.6) is 23.0 Å². The molecule has 0 aliphatic heterocycles. The zero-order valence-corrected chi connectivity index (χ0v) is 24.6. The Morgan fingerprint density at radius 3 is 1.90 bits per heavy atom. The molecule has 0 aliphatic carbocycles. The van der Waals surface area contributed by atoms with E-state index < -0.39 is 17.3 Å². The van der Waals surface area contributed by atoms with Crippen molar-refractivity contribution in [2.75, 3.05) is 21.3 Å². The Labute approximate surface area is 251 Å². The van der Waals surface area contributed by atoms with Gasteiger partial charge < -0.3 is 24.3 Å².